The van der Waals surface area contributed by atoms with Crippen LogP contribution in [0.1, 0.15) is 21.6 Å². The normalized spacial score (nSPS) is 10.8. The van der Waals surface area contributed by atoms with E-state index in [1.807, 2.05) is 36.4 Å². The van der Waals surface area contributed by atoms with Crippen LogP contribution in [0.4, 0.5) is 5.69 Å². The molecule has 6 heteroatoms. The van der Waals surface area contributed by atoms with E-state index in [9.17, 15) is 9.59 Å². The monoisotopic (exact) mass is 418 g/mol. The lowest BCUT2D eigenvalue weighted by Gasteiger charge is -2.08. The first-order valence-corrected chi connectivity index (χ1v) is 9.82. The number of hydrogen-bond acceptors (Lipinski definition) is 3. The summed E-state index contributed by atoms with van der Waals surface area (Å²) in [6.45, 7) is 0.196. The van der Waals surface area contributed by atoms with Gasteiger partial charge in [0.25, 0.3) is 0 Å². The Hall–Kier alpha value is -3.41. The zero-order valence-corrected chi connectivity index (χ0v) is 16.8. The number of halogens is 1. The van der Waals surface area contributed by atoms with Gasteiger partial charge in [0.05, 0.1) is 12.3 Å². The topological polar surface area (TPSA) is 71.2 Å². The van der Waals surface area contributed by atoms with Crippen LogP contribution in [0.5, 0.6) is 0 Å². The Kier molecular flexibility index (Phi) is 5.93. The summed E-state index contributed by atoms with van der Waals surface area (Å²) in [6.07, 6.45) is 0. The van der Waals surface area contributed by atoms with Gasteiger partial charge in [-0.15, -0.1) is 0 Å². The van der Waals surface area contributed by atoms with E-state index in [0.717, 1.165) is 5.56 Å². The van der Waals surface area contributed by atoms with Gasteiger partial charge < -0.3 is 15.0 Å². The van der Waals surface area contributed by atoms with Crippen LogP contribution in [0, 0.1) is 0 Å². The fourth-order valence-electron chi connectivity index (χ4n) is 3.22. The number of carbonyl (C=O) groups is 2. The Balaban J connectivity index is 1.57. The van der Waals surface area contributed by atoms with Crippen LogP contribution in [0.15, 0.2) is 78.9 Å². The first-order chi connectivity index (χ1) is 14.6. The third-order valence-corrected chi connectivity index (χ3v) is 4.87. The van der Waals surface area contributed by atoms with Crippen molar-refractivity contribution >= 4 is 39.9 Å². The summed E-state index contributed by atoms with van der Waals surface area (Å²) in [5, 5.41) is 4.07. The van der Waals surface area contributed by atoms with Crippen molar-refractivity contribution in [3.63, 3.8) is 0 Å². The molecule has 0 spiro atoms. The maximum Gasteiger partial charge on any atom is 0.250 e. The lowest BCUT2D eigenvalue weighted by atomic mass is 10.1. The molecule has 0 saturated heterocycles. The van der Waals surface area contributed by atoms with Crippen LogP contribution in [-0.4, -0.2) is 23.3 Å². The minimum atomic E-state index is -0.344. The van der Waals surface area contributed by atoms with E-state index in [1.54, 1.807) is 42.5 Å². The van der Waals surface area contributed by atoms with Crippen LogP contribution in [0.3, 0.4) is 0 Å². The highest BCUT2D eigenvalue weighted by atomic mass is 35.5. The molecular formula is C24H19ClN2O3. The van der Waals surface area contributed by atoms with E-state index < -0.39 is 0 Å². The lowest BCUT2D eigenvalue weighted by Crippen LogP contribution is -2.19. The number of hydrogen-bond donors (Lipinski definition) is 2. The molecule has 150 valence electrons. The average molecular weight is 419 g/mol. The quantitative estimate of drug-likeness (QED) is 0.405. The molecule has 5 nitrogen and oxygen atoms in total. The van der Waals surface area contributed by atoms with Gasteiger partial charge in [-0.05, 0) is 23.8 Å². The number of ketones is 1. The van der Waals surface area contributed by atoms with Crippen molar-refractivity contribution < 1.29 is 14.3 Å². The number of anilines is 1. The highest BCUT2D eigenvalue weighted by Gasteiger charge is 2.21. The molecule has 0 bridgehead atoms. The Morgan fingerprint density at radius 3 is 2.37 bits per heavy atom. The summed E-state index contributed by atoms with van der Waals surface area (Å²) < 4.78 is 5.52. The molecule has 1 aromatic heterocycles. The lowest BCUT2D eigenvalue weighted by molar-refractivity contribution is -0.121. The Bertz CT molecular complexity index is 1190. The zero-order chi connectivity index (χ0) is 20.9. The molecule has 1 amide bonds. The van der Waals surface area contributed by atoms with Gasteiger partial charge in [-0.25, -0.2) is 0 Å². The summed E-state index contributed by atoms with van der Waals surface area (Å²) in [5.74, 6) is -0.563. The molecule has 0 fully saturated rings. The van der Waals surface area contributed by atoms with E-state index in [0.29, 0.717) is 39.5 Å². The second kappa shape index (κ2) is 8.95. The molecule has 0 radical (unpaired) electrons. The Morgan fingerprint density at radius 1 is 0.933 bits per heavy atom. The fourth-order valence-corrected chi connectivity index (χ4v) is 3.39. The highest BCUT2D eigenvalue weighted by molar-refractivity contribution is 6.31. The highest BCUT2D eigenvalue weighted by Crippen LogP contribution is 2.31. The summed E-state index contributed by atoms with van der Waals surface area (Å²) in [4.78, 5) is 28.7. The van der Waals surface area contributed by atoms with Crippen molar-refractivity contribution in [3.05, 3.63) is 101 Å². The van der Waals surface area contributed by atoms with Crippen LogP contribution in [-0.2, 0) is 16.1 Å². The molecule has 2 N–H and O–H groups in total. The molecule has 3 aromatic carbocycles. The van der Waals surface area contributed by atoms with Crippen LogP contribution in [0.2, 0.25) is 5.02 Å². The molecule has 0 unspecified atom stereocenters. The number of carbonyl (C=O) groups excluding carboxylic acids is 2. The summed E-state index contributed by atoms with van der Waals surface area (Å²) in [7, 11) is 0. The van der Waals surface area contributed by atoms with Crippen LogP contribution in [0.25, 0.3) is 10.9 Å². The number of aromatic nitrogens is 1. The third kappa shape index (κ3) is 4.43. The number of H-pyrrole nitrogens is 1. The minimum absolute atomic E-state index is 0.131. The van der Waals surface area contributed by atoms with Crippen LogP contribution >= 0.6 is 11.6 Å². The number of nitrogens with one attached hydrogen (secondary N) is 2. The third-order valence-electron chi connectivity index (χ3n) is 4.63. The number of aromatic amines is 1. The van der Waals surface area contributed by atoms with Crippen molar-refractivity contribution in [2.75, 3.05) is 11.9 Å². The first kappa shape index (κ1) is 19.9. The molecule has 0 saturated carbocycles. The smallest absolute Gasteiger partial charge is 0.250 e. The zero-order valence-electron chi connectivity index (χ0n) is 16.0. The van der Waals surface area contributed by atoms with E-state index >= 15 is 0 Å². The van der Waals surface area contributed by atoms with Gasteiger partial charge in [-0.3, -0.25) is 9.59 Å². The molecule has 4 rings (SSSR count). The second-order valence-corrected chi connectivity index (χ2v) is 7.22. The maximum atomic E-state index is 13.1. The van der Waals surface area contributed by atoms with Gasteiger partial charge in [0, 0.05) is 21.5 Å². The van der Waals surface area contributed by atoms with Gasteiger partial charge >= 0.3 is 0 Å². The molecular weight excluding hydrogens is 400 g/mol. The summed E-state index contributed by atoms with van der Waals surface area (Å²) >= 11 is 6.10. The number of ether oxygens (including phenoxy) is 1. The predicted molar refractivity (Wildman–Crippen MR) is 118 cm³/mol. The van der Waals surface area contributed by atoms with Gasteiger partial charge in [-0.2, -0.15) is 0 Å². The van der Waals surface area contributed by atoms with Crippen molar-refractivity contribution in [2.45, 2.75) is 6.61 Å². The molecule has 0 aliphatic carbocycles. The maximum absolute atomic E-state index is 13.1. The van der Waals surface area contributed by atoms with Crippen molar-refractivity contribution in [2.24, 2.45) is 0 Å². The van der Waals surface area contributed by atoms with Crippen LogP contribution < -0.4 is 5.32 Å². The van der Waals surface area contributed by atoms with Gasteiger partial charge in [0.15, 0.2) is 0 Å². The van der Waals surface area contributed by atoms with E-state index in [-0.39, 0.29) is 18.3 Å². The molecule has 30 heavy (non-hydrogen) atoms. The van der Waals surface area contributed by atoms with E-state index in [4.69, 9.17) is 16.3 Å². The van der Waals surface area contributed by atoms with Gasteiger partial charge in [0.1, 0.15) is 12.3 Å². The van der Waals surface area contributed by atoms with Crippen molar-refractivity contribution in [1.29, 1.82) is 0 Å². The Labute approximate surface area is 178 Å². The van der Waals surface area contributed by atoms with Gasteiger partial charge in [0.2, 0.25) is 11.7 Å². The number of benzene rings is 3. The molecule has 0 aliphatic rings. The predicted octanol–water partition coefficient (Wildman–Crippen LogP) is 5.21. The molecule has 1 heterocycles. The molecule has 0 aliphatic heterocycles. The van der Waals surface area contributed by atoms with Gasteiger partial charge in [-0.1, -0.05) is 72.3 Å². The first-order valence-electron chi connectivity index (χ1n) is 9.44. The summed E-state index contributed by atoms with van der Waals surface area (Å²) in [5.41, 5.74) is 2.89. The number of rotatable bonds is 7. The second-order valence-electron chi connectivity index (χ2n) is 6.79. The fraction of sp³-hybridized carbons (Fsp3) is 0.0833. The minimum Gasteiger partial charge on any atom is -0.367 e. The molecule has 4 aromatic rings. The number of fused-ring (bicyclic) bond motifs is 1. The largest absolute Gasteiger partial charge is 0.367 e. The standard InChI is InChI=1S/C24H19ClN2O3/c25-18-11-12-19-20(13-18)26-23(24(29)17-9-5-2-6-10-17)22(19)27-21(28)15-30-14-16-7-3-1-4-8-16/h1-13,26H,14-15H2,(H,27,28). The average Bonchev–Trinajstić information content (AvgIpc) is 3.11. The summed E-state index contributed by atoms with van der Waals surface area (Å²) in [6, 6.07) is 23.7. The van der Waals surface area contributed by atoms with E-state index in [1.165, 1.54) is 0 Å². The SMILES string of the molecule is O=C(COCc1ccccc1)Nc1c(C(=O)c2ccccc2)[nH]c2cc(Cl)ccc12. The van der Waals surface area contributed by atoms with Crippen molar-refractivity contribution in [3.8, 4) is 0 Å². The molecule has 0 atom stereocenters. The number of amides is 1. The Morgan fingerprint density at radius 2 is 1.63 bits per heavy atom. The van der Waals surface area contributed by atoms with E-state index in [2.05, 4.69) is 10.3 Å². The van der Waals surface area contributed by atoms with Crippen molar-refractivity contribution in [1.82, 2.24) is 4.98 Å².